The lowest BCUT2D eigenvalue weighted by molar-refractivity contribution is -0.121. The van der Waals surface area contributed by atoms with E-state index in [1.807, 2.05) is 24.3 Å². The van der Waals surface area contributed by atoms with Crippen LogP contribution in [0.4, 0.5) is 0 Å². The molecule has 1 aromatic carbocycles. The normalized spacial score (nSPS) is 10.6. The van der Waals surface area contributed by atoms with E-state index in [0.717, 1.165) is 30.2 Å². The Morgan fingerprint density at radius 3 is 2.77 bits per heavy atom. The van der Waals surface area contributed by atoms with Crippen molar-refractivity contribution in [3.63, 3.8) is 0 Å². The zero-order chi connectivity index (χ0) is 15.9. The Labute approximate surface area is 130 Å². The van der Waals surface area contributed by atoms with Crippen LogP contribution in [0, 0.1) is 0 Å². The number of rotatable bonds is 7. The van der Waals surface area contributed by atoms with Crippen molar-refractivity contribution in [3.05, 3.63) is 36.0 Å². The van der Waals surface area contributed by atoms with Crippen molar-refractivity contribution in [2.45, 2.75) is 26.2 Å². The maximum atomic E-state index is 12.5. The van der Waals surface area contributed by atoms with Gasteiger partial charge in [-0.25, -0.2) is 0 Å². The summed E-state index contributed by atoms with van der Waals surface area (Å²) >= 11 is 0. The van der Waals surface area contributed by atoms with Gasteiger partial charge in [-0.2, -0.15) is 0 Å². The molecular weight excluding hydrogens is 278 g/mol. The smallest absolute Gasteiger partial charge is 0.256 e. The Morgan fingerprint density at radius 1 is 1.23 bits per heavy atom. The molecule has 0 fully saturated rings. The Bertz CT molecular complexity index is 648. The molecule has 22 heavy (non-hydrogen) atoms. The van der Waals surface area contributed by atoms with Gasteiger partial charge in [0.15, 0.2) is 0 Å². The fourth-order valence-electron chi connectivity index (χ4n) is 2.40. The minimum atomic E-state index is -0.152. The molecule has 0 atom stereocenters. The van der Waals surface area contributed by atoms with Crippen molar-refractivity contribution in [2.75, 3.05) is 20.1 Å². The number of amides is 2. The molecule has 0 aliphatic rings. The van der Waals surface area contributed by atoms with Crippen LogP contribution in [0.3, 0.4) is 0 Å². The molecule has 2 amide bonds. The van der Waals surface area contributed by atoms with E-state index in [1.165, 1.54) is 4.90 Å². The molecule has 1 aromatic heterocycles. The fraction of sp³-hybridized carbons (Fsp3) is 0.412. The molecule has 0 bridgehead atoms. The number of benzene rings is 1. The molecule has 0 saturated carbocycles. The second-order valence-electron chi connectivity index (χ2n) is 5.47. The molecule has 0 saturated heterocycles. The number of para-hydroxylation sites is 1. The van der Waals surface area contributed by atoms with E-state index < -0.39 is 0 Å². The van der Waals surface area contributed by atoms with Crippen LogP contribution in [0.1, 0.15) is 36.5 Å². The second kappa shape index (κ2) is 7.64. The number of unbranched alkanes of at least 4 members (excludes halogenated alkanes) is 2. The molecule has 0 aliphatic carbocycles. The van der Waals surface area contributed by atoms with Gasteiger partial charge >= 0.3 is 0 Å². The van der Waals surface area contributed by atoms with E-state index in [1.54, 1.807) is 13.2 Å². The molecule has 2 rings (SSSR count). The first-order valence-electron chi connectivity index (χ1n) is 7.71. The molecule has 0 aliphatic heterocycles. The Morgan fingerprint density at radius 2 is 2.00 bits per heavy atom. The first-order valence-corrected chi connectivity index (χ1v) is 7.71. The van der Waals surface area contributed by atoms with E-state index >= 15 is 0 Å². The Hall–Kier alpha value is -2.30. The molecule has 0 spiro atoms. The second-order valence-corrected chi connectivity index (χ2v) is 5.47. The molecular formula is C17H23N3O2. The van der Waals surface area contributed by atoms with Gasteiger partial charge in [0.1, 0.15) is 0 Å². The van der Waals surface area contributed by atoms with Crippen molar-refractivity contribution in [1.82, 2.24) is 15.2 Å². The summed E-state index contributed by atoms with van der Waals surface area (Å²) in [6.07, 6.45) is 4.89. The van der Waals surface area contributed by atoms with Crippen LogP contribution in [0.15, 0.2) is 30.5 Å². The average molecular weight is 301 g/mol. The number of aromatic nitrogens is 1. The number of hydrogen-bond donors (Lipinski definition) is 2. The van der Waals surface area contributed by atoms with E-state index in [0.29, 0.717) is 12.1 Å². The SMILES string of the molecule is CCCCCNC(=O)CN(C)C(=O)c1c[nH]c2ccccc12. The predicted molar refractivity (Wildman–Crippen MR) is 87.8 cm³/mol. The van der Waals surface area contributed by atoms with Gasteiger partial charge in [-0.1, -0.05) is 38.0 Å². The molecule has 0 radical (unpaired) electrons. The lowest BCUT2D eigenvalue weighted by Gasteiger charge is -2.16. The van der Waals surface area contributed by atoms with Crippen molar-refractivity contribution < 1.29 is 9.59 Å². The lowest BCUT2D eigenvalue weighted by Crippen LogP contribution is -2.38. The third kappa shape index (κ3) is 3.87. The standard InChI is InChI=1S/C17H23N3O2/c1-3-4-7-10-18-16(21)12-20(2)17(22)14-11-19-15-9-6-5-8-13(14)15/h5-6,8-9,11,19H,3-4,7,10,12H2,1-2H3,(H,18,21). The largest absolute Gasteiger partial charge is 0.360 e. The van der Waals surface area contributed by atoms with E-state index in [2.05, 4.69) is 17.2 Å². The maximum Gasteiger partial charge on any atom is 0.256 e. The van der Waals surface area contributed by atoms with E-state index in [4.69, 9.17) is 0 Å². The van der Waals surface area contributed by atoms with Crippen LogP contribution in [0.25, 0.3) is 10.9 Å². The van der Waals surface area contributed by atoms with Gasteiger partial charge in [-0.3, -0.25) is 9.59 Å². The summed E-state index contributed by atoms with van der Waals surface area (Å²) in [4.78, 5) is 28.8. The lowest BCUT2D eigenvalue weighted by atomic mass is 10.1. The molecule has 0 unspecified atom stereocenters. The molecule has 5 nitrogen and oxygen atoms in total. The topological polar surface area (TPSA) is 65.2 Å². The summed E-state index contributed by atoms with van der Waals surface area (Å²) < 4.78 is 0. The van der Waals surface area contributed by atoms with Gasteiger partial charge < -0.3 is 15.2 Å². The van der Waals surface area contributed by atoms with Crippen LogP contribution in [0.2, 0.25) is 0 Å². The van der Waals surface area contributed by atoms with Crippen LogP contribution in [0.5, 0.6) is 0 Å². The summed E-state index contributed by atoms with van der Waals surface area (Å²) in [7, 11) is 1.65. The van der Waals surface area contributed by atoms with Crippen molar-refractivity contribution in [3.8, 4) is 0 Å². The molecule has 118 valence electrons. The highest BCUT2D eigenvalue weighted by Crippen LogP contribution is 2.18. The summed E-state index contributed by atoms with van der Waals surface area (Å²) in [6, 6.07) is 7.64. The highest BCUT2D eigenvalue weighted by molar-refractivity contribution is 6.07. The van der Waals surface area contributed by atoms with E-state index in [-0.39, 0.29) is 18.4 Å². The number of fused-ring (bicyclic) bond motifs is 1. The molecule has 2 aromatic rings. The number of nitrogens with one attached hydrogen (secondary N) is 2. The van der Waals surface area contributed by atoms with Crippen molar-refractivity contribution in [2.24, 2.45) is 0 Å². The fourth-order valence-corrected chi connectivity index (χ4v) is 2.40. The van der Waals surface area contributed by atoms with Crippen molar-refractivity contribution >= 4 is 22.7 Å². The summed E-state index contributed by atoms with van der Waals surface area (Å²) in [5.41, 5.74) is 1.51. The third-order valence-electron chi connectivity index (χ3n) is 3.65. The summed E-state index contributed by atoms with van der Waals surface area (Å²) in [5.74, 6) is -0.270. The van der Waals surface area contributed by atoms with Gasteiger partial charge in [0.2, 0.25) is 5.91 Å². The summed E-state index contributed by atoms with van der Waals surface area (Å²) in [5, 5.41) is 3.72. The number of aromatic amines is 1. The van der Waals surface area contributed by atoms with E-state index in [9.17, 15) is 9.59 Å². The Balaban J connectivity index is 1.93. The number of nitrogens with zero attached hydrogens (tertiary/aromatic N) is 1. The number of likely N-dealkylation sites (N-methyl/N-ethyl adjacent to an activating group) is 1. The maximum absolute atomic E-state index is 12.5. The van der Waals surface area contributed by atoms with Crippen molar-refractivity contribution in [1.29, 1.82) is 0 Å². The van der Waals surface area contributed by atoms with Gasteiger partial charge in [0, 0.05) is 30.7 Å². The monoisotopic (exact) mass is 301 g/mol. The highest BCUT2D eigenvalue weighted by Gasteiger charge is 2.17. The van der Waals surface area contributed by atoms with Crippen LogP contribution < -0.4 is 5.32 Å². The predicted octanol–water partition coefficient (Wildman–Crippen LogP) is 2.55. The quantitative estimate of drug-likeness (QED) is 0.772. The minimum absolute atomic E-state index is 0.0739. The van der Waals surface area contributed by atoms with Gasteiger partial charge in [0.25, 0.3) is 5.91 Å². The average Bonchev–Trinajstić information content (AvgIpc) is 2.94. The van der Waals surface area contributed by atoms with Crippen LogP contribution in [-0.2, 0) is 4.79 Å². The Kier molecular flexibility index (Phi) is 5.58. The van der Waals surface area contributed by atoms with Crippen LogP contribution >= 0.6 is 0 Å². The molecule has 1 heterocycles. The number of carbonyl (C=O) groups is 2. The van der Waals surface area contributed by atoms with Gasteiger partial charge in [-0.05, 0) is 12.5 Å². The number of hydrogen-bond acceptors (Lipinski definition) is 2. The highest BCUT2D eigenvalue weighted by atomic mass is 16.2. The summed E-state index contributed by atoms with van der Waals surface area (Å²) in [6.45, 7) is 2.86. The number of carbonyl (C=O) groups excluding carboxylic acids is 2. The van der Waals surface area contributed by atoms with Gasteiger partial charge in [0.05, 0.1) is 12.1 Å². The molecule has 2 N–H and O–H groups in total. The zero-order valence-electron chi connectivity index (χ0n) is 13.2. The zero-order valence-corrected chi connectivity index (χ0v) is 13.2. The first kappa shape index (κ1) is 16.1. The third-order valence-corrected chi connectivity index (χ3v) is 3.65. The first-order chi connectivity index (χ1) is 10.6. The number of H-pyrrole nitrogens is 1. The van der Waals surface area contributed by atoms with Crippen LogP contribution in [-0.4, -0.2) is 41.8 Å². The van der Waals surface area contributed by atoms with Gasteiger partial charge in [-0.15, -0.1) is 0 Å². The minimum Gasteiger partial charge on any atom is -0.360 e. The molecule has 5 heteroatoms.